The summed E-state index contributed by atoms with van der Waals surface area (Å²) in [4.78, 5) is 23.0. The lowest BCUT2D eigenvalue weighted by molar-refractivity contribution is -0.144. The Balaban J connectivity index is 2.58. The highest BCUT2D eigenvalue weighted by Crippen LogP contribution is 2.10. The predicted molar refractivity (Wildman–Crippen MR) is 68.5 cm³/mol. The van der Waals surface area contributed by atoms with E-state index in [1.807, 2.05) is 6.92 Å². The molecule has 2 N–H and O–H groups in total. The van der Waals surface area contributed by atoms with Gasteiger partial charge in [0.15, 0.2) is 5.82 Å². The molecule has 1 heterocycles. The first kappa shape index (κ1) is 15.0. The van der Waals surface area contributed by atoms with Crippen LogP contribution in [0.25, 0.3) is 0 Å². The fourth-order valence-corrected chi connectivity index (χ4v) is 1.39. The number of ether oxygens (including phenoxy) is 2. The second kappa shape index (κ2) is 7.40. The molecule has 1 aromatic rings. The van der Waals surface area contributed by atoms with Crippen LogP contribution in [0.5, 0.6) is 0 Å². The number of carbonyl (C=O) groups excluding carboxylic acids is 2. The van der Waals surface area contributed by atoms with Gasteiger partial charge < -0.3 is 15.2 Å². The Morgan fingerprint density at radius 2 is 2.11 bits per heavy atom. The largest absolute Gasteiger partial charge is 0.464 e. The topological polar surface area (TPSA) is 96.4 Å². The van der Waals surface area contributed by atoms with Gasteiger partial charge in [-0.05, 0) is 13.3 Å². The highest BCUT2D eigenvalue weighted by molar-refractivity contribution is 5.93. The Morgan fingerprint density at radius 3 is 2.74 bits per heavy atom. The van der Waals surface area contributed by atoms with Gasteiger partial charge in [-0.3, -0.25) is 9.48 Å². The molecule has 7 nitrogen and oxygen atoms in total. The molecule has 106 valence electrons. The number of nitrogen functional groups attached to an aromatic ring is 1. The number of carbonyl (C=O) groups is 2. The third-order valence-electron chi connectivity index (χ3n) is 2.34. The molecule has 0 aliphatic rings. The van der Waals surface area contributed by atoms with E-state index in [1.165, 1.54) is 10.9 Å². The van der Waals surface area contributed by atoms with Gasteiger partial charge in [0.25, 0.3) is 0 Å². The Labute approximate surface area is 111 Å². The number of hydrogen-bond donors (Lipinski definition) is 1. The number of hydrogen-bond acceptors (Lipinski definition) is 6. The molecule has 0 saturated carbocycles. The minimum absolute atomic E-state index is 0.0415. The van der Waals surface area contributed by atoms with Gasteiger partial charge in [-0.2, -0.15) is 5.10 Å². The molecule has 0 bridgehead atoms. The van der Waals surface area contributed by atoms with Gasteiger partial charge in [-0.1, -0.05) is 13.3 Å². The fraction of sp³-hybridized carbons (Fsp3) is 0.583. The number of esters is 2. The molecule has 1 aromatic heterocycles. The summed E-state index contributed by atoms with van der Waals surface area (Å²) < 4.78 is 11.1. The molecule has 7 heteroatoms. The summed E-state index contributed by atoms with van der Waals surface area (Å²) in [5, 5.41) is 3.87. The number of rotatable bonds is 7. The van der Waals surface area contributed by atoms with E-state index < -0.39 is 11.9 Å². The second-order valence-electron chi connectivity index (χ2n) is 3.92. The molecule has 1 rings (SSSR count). The quantitative estimate of drug-likeness (QED) is 0.585. The monoisotopic (exact) mass is 269 g/mol. The van der Waals surface area contributed by atoms with Crippen LogP contribution < -0.4 is 5.73 Å². The third kappa shape index (κ3) is 4.61. The van der Waals surface area contributed by atoms with Crippen molar-refractivity contribution in [2.75, 3.05) is 18.9 Å². The van der Waals surface area contributed by atoms with Crippen molar-refractivity contribution in [2.24, 2.45) is 0 Å². The average Bonchev–Trinajstić information content (AvgIpc) is 2.71. The molecule has 0 aliphatic heterocycles. The van der Waals surface area contributed by atoms with E-state index in [4.69, 9.17) is 15.2 Å². The number of anilines is 1. The van der Waals surface area contributed by atoms with Gasteiger partial charge in [-0.15, -0.1) is 0 Å². The molecule has 0 fully saturated rings. The van der Waals surface area contributed by atoms with Crippen LogP contribution in [0.15, 0.2) is 6.20 Å². The third-order valence-corrected chi connectivity index (χ3v) is 2.34. The molecular formula is C12H19N3O4. The van der Waals surface area contributed by atoms with Gasteiger partial charge in [0, 0.05) is 6.20 Å². The first-order chi connectivity index (χ1) is 9.08. The molecule has 0 radical (unpaired) electrons. The lowest BCUT2D eigenvalue weighted by atomic mass is 10.3. The van der Waals surface area contributed by atoms with E-state index in [2.05, 4.69) is 5.10 Å². The molecule has 0 spiro atoms. The van der Waals surface area contributed by atoms with Crippen molar-refractivity contribution in [3.63, 3.8) is 0 Å². The smallest absolute Gasteiger partial charge is 0.343 e. The maximum absolute atomic E-state index is 11.5. The number of aromatic nitrogens is 2. The van der Waals surface area contributed by atoms with Gasteiger partial charge in [0.05, 0.1) is 13.2 Å². The summed E-state index contributed by atoms with van der Waals surface area (Å²) in [5.74, 6) is -0.920. The van der Waals surface area contributed by atoms with Crippen LogP contribution in [-0.2, 0) is 20.8 Å². The van der Waals surface area contributed by atoms with Crippen LogP contribution in [0, 0.1) is 0 Å². The van der Waals surface area contributed by atoms with Crippen LogP contribution in [0.4, 0.5) is 5.82 Å². The summed E-state index contributed by atoms with van der Waals surface area (Å²) in [6, 6.07) is 0. The molecule has 0 atom stereocenters. The first-order valence-electron chi connectivity index (χ1n) is 6.24. The maximum Gasteiger partial charge on any atom is 0.343 e. The summed E-state index contributed by atoms with van der Waals surface area (Å²) in [6.07, 6.45) is 3.16. The highest BCUT2D eigenvalue weighted by atomic mass is 16.5. The first-order valence-corrected chi connectivity index (χ1v) is 6.24. The van der Waals surface area contributed by atoms with Gasteiger partial charge in [0.2, 0.25) is 0 Å². The second-order valence-corrected chi connectivity index (χ2v) is 3.92. The van der Waals surface area contributed by atoms with E-state index in [0.717, 1.165) is 12.8 Å². The zero-order valence-electron chi connectivity index (χ0n) is 11.2. The number of unbranched alkanes of at least 4 members (excludes halogenated alkanes) is 1. The minimum Gasteiger partial charge on any atom is -0.464 e. The Bertz CT molecular complexity index is 442. The predicted octanol–water partition coefficient (Wildman–Crippen LogP) is 0.985. The van der Waals surface area contributed by atoms with Gasteiger partial charge >= 0.3 is 11.9 Å². The van der Waals surface area contributed by atoms with Crippen LogP contribution in [-0.4, -0.2) is 34.9 Å². The van der Waals surface area contributed by atoms with Crippen molar-refractivity contribution in [1.29, 1.82) is 0 Å². The van der Waals surface area contributed by atoms with Crippen molar-refractivity contribution in [2.45, 2.75) is 33.2 Å². The van der Waals surface area contributed by atoms with Crippen LogP contribution in [0.2, 0.25) is 0 Å². The SMILES string of the molecule is CCCCOC(=O)Cn1cc(C(=O)OCC)c(N)n1. The lowest BCUT2D eigenvalue weighted by Gasteiger charge is -2.03. The normalized spacial score (nSPS) is 10.2. The van der Waals surface area contributed by atoms with Crippen molar-refractivity contribution in [3.05, 3.63) is 11.8 Å². The van der Waals surface area contributed by atoms with E-state index in [9.17, 15) is 9.59 Å². The molecule has 19 heavy (non-hydrogen) atoms. The molecule has 0 aromatic carbocycles. The van der Waals surface area contributed by atoms with Gasteiger partial charge in [-0.25, -0.2) is 4.79 Å². The zero-order valence-corrected chi connectivity index (χ0v) is 11.2. The molecule has 0 unspecified atom stereocenters. The zero-order chi connectivity index (χ0) is 14.3. The van der Waals surface area contributed by atoms with Crippen molar-refractivity contribution in [1.82, 2.24) is 9.78 Å². The highest BCUT2D eigenvalue weighted by Gasteiger charge is 2.16. The van der Waals surface area contributed by atoms with Crippen LogP contribution in [0.3, 0.4) is 0 Å². The maximum atomic E-state index is 11.5. The average molecular weight is 269 g/mol. The van der Waals surface area contributed by atoms with Crippen molar-refractivity contribution < 1.29 is 19.1 Å². The Morgan fingerprint density at radius 1 is 1.37 bits per heavy atom. The Hall–Kier alpha value is -2.05. The summed E-state index contributed by atoms with van der Waals surface area (Å²) in [6.45, 7) is 4.27. The van der Waals surface area contributed by atoms with Crippen LogP contribution >= 0.6 is 0 Å². The number of nitrogens with two attached hydrogens (primary N) is 1. The molecule has 0 aliphatic carbocycles. The summed E-state index contributed by atoms with van der Waals surface area (Å²) >= 11 is 0. The van der Waals surface area contributed by atoms with E-state index in [1.54, 1.807) is 6.92 Å². The van der Waals surface area contributed by atoms with Crippen molar-refractivity contribution in [3.8, 4) is 0 Å². The standard InChI is InChI=1S/C12H19N3O4/c1-3-5-6-19-10(16)8-15-7-9(11(13)14-15)12(17)18-4-2/h7H,3-6,8H2,1-2H3,(H2,13,14). The van der Waals surface area contributed by atoms with Crippen molar-refractivity contribution >= 4 is 17.8 Å². The lowest BCUT2D eigenvalue weighted by Crippen LogP contribution is -2.14. The fourth-order valence-electron chi connectivity index (χ4n) is 1.39. The van der Waals surface area contributed by atoms with E-state index >= 15 is 0 Å². The summed E-state index contributed by atoms with van der Waals surface area (Å²) in [5.41, 5.74) is 5.74. The summed E-state index contributed by atoms with van der Waals surface area (Å²) in [7, 11) is 0. The van der Waals surface area contributed by atoms with Crippen LogP contribution in [0.1, 0.15) is 37.0 Å². The molecule has 0 saturated heterocycles. The Kier molecular flexibility index (Phi) is 5.84. The van der Waals surface area contributed by atoms with Gasteiger partial charge in [0.1, 0.15) is 12.1 Å². The van der Waals surface area contributed by atoms with E-state index in [0.29, 0.717) is 6.61 Å². The van der Waals surface area contributed by atoms with E-state index in [-0.39, 0.29) is 24.5 Å². The molecular weight excluding hydrogens is 250 g/mol. The minimum atomic E-state index is -0.550. The molecule has 0 amide bonds. The number of nitrogens with zero attached hydrogens (tertiary/aromatic N) is 2.